The number of hydrogen-bond acceptors (Lipinski definition) is 7. The van der Waals surface area contributed by atoms with Gasteiger partial charge in [-0.15, -0.1) is 0 Å². The standard InChI is InChI=1S/C25H32N6O4/c1-25(2,3)14-17-13-20(35-30-17)28-19(32)12-15-4-6-16(7-5-15)22-21(24(27)33)23(26)31(29-22)18-8-10-34-11-9-18/h4-7,13,18H,8-12,14,26H2,1-3H3,(H2,27,33)(H,28,32). The van der Waals surface area contributed by atoms with Crippen LogP contribution in [0.3, 0.4) is 0 Å². The van der Waals surface area contributed by atoms with Gasteiger partial charge in [0.05, 0.1) is 18.2 Å². The first-order chi connectivity index (χ1) is 16.6. The van der Waals surface area contributed by atoms with Crippen LogP contribution in [0.2, 0.25) is 0 Å². The first-order valence-corrected chi connectivity index (χ1v) is 11.7. The van der Waals surface area contributed by atoms with Crippen LogP contribution in [0.1, 0.15) is 61.3 Å². The largest absolute Gasteiger partial charge is 0.383 e. The summed E-state index contributed by atoms with van der Waals surface area (Å²) in [6.07, 6.45) is 2.42. The molecule has 0 radical (unpaired) electrons. The number of nitrogens with zero attached hydrogens (tertiary/aromatic N) is 3. The van der Waals surface area contributed by atoms with Crippen molar-refractivity contribution >= 4 is 23.5 Å². The number of benzene rings is 1. The molecule has 0 saturated carbocycles. The summed E-state index contributed by atoms with van der Waals surface area (Å²) in [7, 11) is 0. The number of nitrogens with one attached hydrogen (secondary N) is 1. The molecular weight excluding hydrogens is 448 g/mol. The van der Waals surface area contributed by atoms with Gasteiger partial charge in [0.25, 0.3) is 5.91 Å². The Labute approximate surface area is 204 Å². The fourth-order valence-electron chi connectivity index (χ4n) is 4.25. The Morgan fingerprint density at radius 2 is 1.86 bits per heavy atom. The van der Waals surface area contributed by atoms with E-state index in [9.17, 15) is 9.59 Å². The monoisotopic (exact) mass is 480 g/mol. The molecule has 2 amide bonds. The van der Waals surface area contributed by atoms with Crippen molar-refractivity contribution in [3.8, 4) is 11.3 Å². The van der Waals surface area contributed by atoms with E-state index in [1.807, 2.05) is 12.1 Å². The third-order valence-electron chi connectivity index (χ3n) is 5.86. The van der Waals surface area contributed by atoms with Crippen molar-refractivity contribution < 1.29 is 18.8 Å². The number of nitrogen functional groups attached to an aromatic ring is 1. The summed E-state index contributed by atoms with van der Waals surface area (Å²) in [5, 5.41) is 11.4. The summed E-state index contributed by atoms with van der Waals surface area (Å²) in [5.41, 5.74) is 14.9. The SMILES string of the molecule is CC(C)(C)Cc1cc(NC(=O)Cc2ccc(-c3nn(C4CCOCC4)c(N)c3C(N)=O)cc2)on1. The lowest BCUT2D eigenvalue weighted by Gasteiger charge is -2.23. The summed E-state index contributed by atoms with van der Waals surface area (Å²) in [6, 6.07) is 9.04. The van der Waals surface area contributed by atoms with Crippen LogP contribution in [-0.4, -0.2) is 40.0 Å². The molecule has 10 heteroatoms. The van der Waals surface area contributed by atoms with Gasteiger partial charge < -0.3 is 20.7 Å². The zero-order valence-corrected chi connectivity index (χ0v) is 20.3. The van der Waals surface area contributed by atoms with Crippen molar-refractivity contribution in [2.75, 3.05) is 24.3 Å². The van der Waals surface area contributed by atoms with Crippen molar-refractivity contribution in [3.63, 3.8) is 0 Å². The molecule has 1 aliphatic heterocycles. The van der Waals surface area contributed by atoms with E-state index >= 15 is 0 Å². The smallest absolute Gasteiger partial charge is 0.254 e. The van der Waals surface area contributed by atoms with Crippen LogP contribution in [0.4, 0.5) is 11.7 Å². The van der Waals surface area contributed by atoms with Crippen LogP contribution in [0.5, 0.6) is 0 Å². The fourth-order valence-corrected chi connectivity index (χ4v) is 4.25. The summed E-state index contributed by atoms with van der Waals surface area (Å²) in [4.78, 5) is 24.7. The third-order valence-corrected chi connectivity index (χ3v) is 5.86. The van der Waals surface area contributed by atoms with E-state index < -0.39 is 5.91 Å². The molecule has 186 valence electrons. The number of anilines is 2. The molecule has 3 aromatic rings. The lowest BCUT2D eigenvalue weighted by Crippen LogP contribution is -2.22. The van der Waals surface area contributed by atoms with E-state index in [2.05, 4.69) is 36.3 Å². The molecule has 3 heterocycles. The Morgan fingerprint density at radius 3 is 2.49 bits per heavy atom. The minimum atomic E-state index is -0.628. The van der Waals surface area contributed by atoms with Crippen molar-refractivity contribution in [1.29, 1.82) is 0 Å². The number of aromatic nitrogens is 3. The minimum absolute atomic E-state index is 0.0542. The van der Waals surface area contributed by atoms with Gasteiger partial charge in [-0.2, -0.15) is 5.10 Å². The molecule has 4 rings (SSSR count). The topological polar surface area (TPSA) is 151 Å². The second kappa shape index (κ2) is 9.91. The molecule has 1 saturated heterocycles. The van der Waals surface area contributed by atoms with Crippen LogP contribution in [0.25, 0.3) is 11.3 Å². The van der Waals surface area contributed by atoms with E-state index in [4.69, 9.17) is 20.7 Å². The van der Waals surface area contributed by atoms with Gasteiger partial charge >= 0.3 is 0 Å². The maximum Gasteiger partial charge on any atom is 0.254 e. The third kappa shape index (κ3) is 5.89. The summed E-state index contributed by atoms with van der Waals surface area (Å²) in [6.45, 7) is 7.57. The van der Waals surface area contributed by atoms with Crippen LogP contribution >= 0.6 is 0 Å². The fraction of sp³-hybridized carbons (Fsp3) is 0.440. The quantitative estimate of drug-likeness (QED) is 0.469. The minimum Gasteiger partial charge on any atom is -0.383 e. The Bertz CT molecular complexity index is 1200. The van der Waals surface area contributed by atoms with Crippen LogP contribution in [-0.2, 0) is 22.4 Å². The maximum atomic E-state index is 12.5. The molecule has 0 atom stereocenters. The molecule has 1 aliphatic rings. The van der Waals surface area contributed by atoms with Gasteiger partial charge in [0.2, 0.25) is 11.8 Å². The van der Waals surface area contributed by atoms with Gasteiger partial charge in [0.1, 0.15) is 17.1 Å². The Hall–Kier alpha value is -3.66. The first kappa shape index (κ1) is 24.5. The lowest BCUT2D eigenvalue weighted by atomic mass is 9.91. The Balaban J connectivity index is 1.46. The zero-order chi connectivity index (χ0) is 25.2. The molecule has 1 fully saturated rings. The van der Waals surface area contributed by atoms with E-state index in [0.717, 1.165) is 30.5 Å². The average Bonchev–Trinajstić information content (AvgIpc) is 3.37. The van der Waals surface area contributed by atoms with Gasteiger partial charge in [0.15, 0.2) is 0 Å². The number of amides is 2. The van der Waals surface area contributed by atoms with Gasteiger partial charge in [-0.1, -0.05) is 50.2 Å². The molecule has 0 spiro atoms. The van der Waals surface area contributed by atoms with Gasteiger partial charge in [-0.05, 0) is 30.2 Å². The van der Waals surface area contributed by atoms with E-state index in [-0.39, 0.29) is 35.2 Å². The number of rotatable bonds is 7. The number of carbonyl (C=O) groups is 2. The van der Waals surface area contributed by atoms with Crippen LogP contribution in [0.15, 0.2) is 34.9 Å². The van der Waals surface area contributed by atoms with Crippen molar-refractivity contribution in [2.24, 2.45) is 11.1 Å². The van der Waals surface area contributed by atoms with E-state index in [0.29, 0.717) is 30.4 Å². The number of carbonyl (C=O) groups excluding carboxylic acids is 2. The highest BCUT2D eigenvalue weighted by Gasteiger charge is 2.26. The predicted octanol–water partition coefficient (Wildman–Crippen LogP) is 3.34. The molecule has 0 aliphatic carbocycles. The highest BCUT2D eigenvalue weighted by Crippen LogP contribution is 2.32. The highest BCUT2D eigenvalue weighted by molar-refractivity contribution is 6.03. The Kier molecular flexibility index (Phi) is 6.93. The van der Waals surface area contributed by atoms with Crippen LogP contribution in [0, 0.1) is 5.41 Å². The Morgan fingerprint density at radius 1 is 1.17 bits per heavy atom. The molecule has 35 heavy (non-hydrogen) atoms. The lowest BCUT2D eigenvalue weighted by molar-refractivity contribution is -0.115. The van der Waals surface area contributed by atoms with E-state index in [1.165, 1.54) is 0 Å². The summed E-state index contributed by atoms with van der Waals surface area (Å²) in [5.74, 6) is -0.258. The van der Waals surface area contributed by atoms with Crippen molar-refractivity contribution in [2.45, 2.75) is 52.5 Å². The number of nitrogens with two attached hydrogens (primary N) is 2. The average molecular weight is 481 g/mol. The molecular formula is C25H32N6O4. The predicted molar refractivity (Wildman–Crippen MR) is 132 cm³/mol. The molecule has 1 aromatic carbocycles. The van der Waals surface area contributed by atoms with Crippen molar-refractivity contribution in [1.82, 2.24) is 14.9 Å². The number of primary amides is 1. The van der Waals surface area contributed by atoms with Gasteiger partial charge in [-0.25, -0.2) is 4.68 Å². The molecule has 0 unspecified atom stereocenters. The zero-order valence-electron chi connectivity index (χ0n) is 20.3. The van der Waals surface area contributed by atoms with Gasteiger partial charge in [0, 0.05) is 24.8 Å². The van der Waals surface area contributed by atoms with Crippen molar-refractivity contribution in [3.05, 3.63) is 47.2 Å². The normalized spacial score (nSPS) is 14.7. The van der Waals surface area contributed by atoms with E-state index in [1.54, 1.807) is 22.9 Å². The van der Waals surface area contributed by atoms with Crippen LogP contribution < -0.4 is 16.8 Å². The van der Waals surface area contributed by atoms with Gasteiger partial charge in [-0.3, -0.25) is 14.9 Å². The molecule has 5 N–H and O–H groups in total. The first-order valence-electron chi connectivity index (χ1n) is 11.7. The maximum absolute atomic E-state index is 12.5. The molecule has 2 aromatic heterocycles. The molecule has 10 nitrogen and oxygen atoms in total. The second-order valence-corrected chi connectivity index (χ2v) is 10.1. The number of ether oxygens (including phenoxy) is 1. The highest BCUT2D eigenvalue weighted by atomic mass is 16.5. The summed E-state index contributed by atoms with van der Waals surface area (Å²) < 4.78 is 12.3. The molecule has 0 bridgehead atoms. The number of hydrogen-bond donors (Lipinski definition) is 3. The summed E-state index contributed by atoms with van der Waals surface area (Å²) >= 11 is 0. The second-order valence-electron chi connectivity index (χ2n) is 10.1.